The van der Waals surface area contributed by atoms with Crippen LogP contribution in [0.25, 0.3) is 0 Å². The highest BCUT2D eigenvalue weighted by atomic mass is 19.4. The molecule has 1 fully saturated rings. The maximum Gasteiger partial charge on any atom is 0.490 e. The van der Waals surface area contributed by atoms with Crippen LogP contribution in [-0.4, -0.2) is 50.7 Å². The molecule has 8 nitrogen and oxygen atoms in total. The van der Waals surface area contributed by atoms with Crippen LogP contribution in [0.3, 0.4) is 0 Å². The van der Waals surface area contributed by atoms with Crippen molar-refractivity contribution < 1.29 is 27.9 Å². The zero-order valence-corrected chi connectivity index (χ0v) is 21.4. The fourth-order valence-corrected chi connectivity index (χ4v) is 4.99. The molecule has 206 valence electrons. The number of likely N-dealkylation sites (tertiary alicyclic amines) is 1. The lowest BCUT2D eigenvalue weighted by atomic mass is 9.85. The van der Waals surface area contributed by atoms with E-state index in [0.29, 0.717) is 6.54 Å². The fourth-order valence-electron chi connectivity index (χ4n) is 4.99. The van der Waals surface area contributed by atoms with Crippen LogP contribution in [0.5, 0.6) is 0 Å². The standard InChI is InChI=1S/C26H28N4O2.C2HF3O2/c1-19-7-9-20(10-8-19)15-27-23(31)22-17-30-14-12-26(25(30)28-24(22)32)11-13-29(18-26)16-21-5-3-2-4-6-21;3-2(4,5)1(6)7/h2-10,17H,11-16,18H2,1H3,(H,27,31);(H,6,7). The number of carbonyl (C=O) groups is 2. The fraction of sp³-hybridized carbons (Fsp3) is 0.357. The Balaban J connectivity index is 0.000000448. The average molecular weight is 543 g/mol. The van der Waals surface area contributed by atoms with Gasteiger partial charge in [0.15, 0.2) is 0 Å². The van der Waals surface area contributed by atoms with E-state index in [1.807, 2.05) is 41.8 Å². The van der Waals surface area contributed by atoms with Gasteiger partial charge >= 0.3 is 12.1 Å². The van der Waals surface area contributed by atoms with Gasteiger partial charge in [-0.2, -0.15) is 18.2 Å². The van der Waals surface area contributed by atoms with Crippen molar-refractivity contribution in [3.8, 4) is 0 Å². The van der Waals surface area contributed by atoms with Crippen molar-refractivity contribution >= 4 is 11.9 Å². The summed E-state index contributed by atoms with van der Waals surface area (Å²) in [4.78, 5) is 41.3. The van der Waals surface area contributed by atoms with Crippen LogP contribution in [0.15, 0.2) is 65.6 Å². The van der Waals surface area contributed by atoms with Gasteiger partial charge in [-0.05, 0) is 37.4 Å². The summed E-state index contributed by atoms with van der Waals surface area (Å²) in [6, 6.07) is 18.5. The van der Waals surface area contributed by atoms with Crippen LogP contribution in [0.2, 0.25) is 0 Å². The Morgan fingerprint density at radius 2 is 1.67 bits per heavy atom. The molecule has 0 bridgehead atoms. The number of hydrogen-bond acceptors (Lipinski definition) is 5. The molecule has 39 heavy (non-hydrogen) atoms. The van der Waals surface area contributed by atoms with Crippen molar-refractivity contribution in [2.75, 3.05) is 13.1 Å². The number of benzene rings is 2. The second kappa shape index (κ2) is 11.4. The van der Waals surface area contributed by atoms with Crippen LogP contribution >= 0.6 is 0 Å². The van der Waals surface area contributed by atoms with Crippen LogP contribution in [0.4, 0.5) is 13.2 Å². The van der Waals surface area contributed by atoms with E-state index in [1.165, 1.54) is 11.1 Å². The molecule has 5 rings (SSSR count). The Labute approximate surface area is 223 Å². The summed E-state index contributed by atoms with van der Waals surface area (Å²) in [5, 5.41) is 9.99. The number of carbonyl (C=O) groups excluding carboxylic acids is 1. The number of halogens is 3. The minimum atomic E-state index is -5.08. The third-order valence-corrected chi connectivity index (χ3v) is 7.04. The number of amides is 1. The number of nitrogens with one attached hydrogen (secondary N) is 1. The van der Waals surface area contributed by atoms with Gasteiger partial charge in [-0.25, -0.2) is 4.79 Å². The molecule has 0 saturated carbocycles. The largest absolute Gasteiger partial charge is 0.490 e. The summed E-state index contributed by atoms with van der Waals surface area (Å²) >= 11 is 0. The maximum atomic E-state index is 12.8. The molecule has 3 heterocycles. The molecule has 1 unspecified atom stereocenters. The number of aryl methyl sites for hydroxylation is 2. The monoisotopic (exact) mass is 542 g/mol. The number of fused-ring (bicyclic) bond motifs is 2. The minimum absolute atomic E-state index is 0.0924. The summed E-state index contributed by atoms with van der Waals surface area (Å²) in [6.45, 7) is 6.00. The van der Waals surface area contributed by atoms with E-state index in [2.05, 4.69) is 39.5 Å². The molecule has 1 spiro atoms. The molecule has 1 atom stereocenters. The molecule has 3 aromatic rings. The first-order valence-electron chi connectivity index (χ1n) is 12.5. The van der Waals surface area contributed by atoms with Crippen molar-refractivity contribution in [2.24, 2.45) is 0 Å². The van der Waals surface area contributed by atoms with Gasteiger partial charge in [0, 0.05) is 37.8 Å². The average Bonchev–Trinajstić information content (AvgIpc) is 3.46. The van der Waals surface area contributed by atoms with E-state index in [-0.39, 0.29) is 16.9 Å². The predicted molar refractivity (Wildman–Crippen MR) is 137 cm³/mol. The number of hydrogen-bond donors (Lipinski definition) is 2. The SMILES string of the molecule is Cc1ccc(CNC(=O)c2cn3c(nc2=O)C2(CCN(Cc4ccccc4)C2)CC3)cc1.O=C(O)C(F)(F)F. The number of alkyl halides is 3. The molecule has 11 heteroatoms. The third-order valence-electron chi connectivity index (χ3n) is 7.04. The van der Waals surface area contributed by atoms with Gasteiger partial charge in [0.05, 0.1) is 0 Å². The zero-order chi connectivity index (χ0) is 28.2. The molecule has 1 saturated heterocycles. The van der Waals surface area contributed by atoms with Gasteiger partial charge in [-0.15, -0.1) is 0 Å². The Hall–Kier alpha value is -3.99. The van der Waals surface area contributed by atoms with E-state index in [0.717, 1.165) is 50.4 Å². The van der Waals surface area contributed by atoms with Gasteiger partial charge in [-0.3, -0.25) is 14.5 Å². The predicted octanol–water partition coefficient (Wildman–Crippen LogP) is 3.66. The Bertz CT molecular complexity index is 1390. The third kappa shape index (κ3) is 6.72. The van der Waals surface area contributed by atoms with E-state index in [1.54, 1.807) is 6.20 Å². The van der Waals surface area contributed by atoms with Crippen molar-refractivity contribution in [2.45, 2.75) is 51.0 Å². The molecular weight excluding hydrogens is 513 g/mol. The van der Waals surface area contributed by atoms with Crippen molar-refractivity contribution in [3.05, 3.63) is 99.2 Å². The topological polar surface area (TPSA) is 105 Å². The first kappa shape index (κ1) is 28.0. The summed E-state index contributed by atoms with van der Waals surface area (Å²) < 4.78 is 33.8. The zero-order valence-electron chi connectivity index (χ0n) is 21.4. The van der Waals surface area contributed by atoms with Gasteiger partial charge < -0.3 is 15.0 Å². The Morgan fingerprint density at radius 3 is 2.31 bits per heavy atom. The molecule has 0 radical (unpaired) electrons. The van der Waals surface area contributed by atoms with E-state index in [9.17, 15) is 22.8 Å². The Kier molecular flexibility index (Phi) is 8.19. The highest BCUT2D eigenvalue weighted by Crippen LogP contribution is 2.41. The smallest absolute Gasteiger partial charge is 0.475 e. The first-order chi connectivity index (χ1) is 18.5. The summed E-state index contributed by atoms with van der Waals surface area (Å²) in [6.07, 6.45) is -1.42. The molecule has 1 amide bonds. The van der Waals surface area contributed by atoms with Crippen LogP contribution < -0.4 is 10.9 Å². The number of carboxylic acid groups (broad SMARTS) is 1. The Morgan fingerprint density at radius 1 is 1.03 bits per heavy atom. The second-order valence-corrected chi connectivity index (χ2v) is 9.92. The molecule has 2 aliphatic rings. The van der Waals surface area contributed by atoms with Crippen molar-refractivity contribution in [1.82, 2.24) is 19.8 Å². The van der Waals surface area contributed by atoms with Gasteiger partial charge in [0.2, 0.25) is 0 Å². The lowest BCUT2D eigenvalue weighted by Crippen LogP contribution is -2.35. The number of rotatable bonds is 5. The van der Waals surface area contributed by atoms with E-state index >= 15 is 0 Å². The van der Waals surface area contributed by atoms with Crippen LogP contribution in [-0.2, 0) is 29.8 Å². The summed E-state index contributed by atoms with van der Waals surface area (Å²) in [7, 11) is 0. The number of nitrogens with zero attached hydrogens (tertiary/aromatic N) is 3. The van der Waals surface area contributed by atoms with Gasteiger partial charge in [0.25, 0.3) is 11.5 Å². The lowest BCUT2D eigenvalue weighted by molar-refractivity contribution is -0.192. The molecule has 1 aromatic heterocycles. The van der Waals surface area contributed by atoms with E-state index in [4.69, 9.17) is 9.90 Å². The number of carboxylic acids is 1. The van der Waals surface area contributed by atoms with Crippen LogP contribution in [0, 0.1) is 6.92 Å². The summed E-state index contributed by atoms with van der Waals surface area (Å²) in [5.74, 6) is -2.28. The molecule has 2 aromatic carbocycles. The van der Waals surface area contributed by atoms with E-state index < -0.39 is 17.7 Å². The maximum absolute atomic E-state index is 12.8. The second-order valence-electron chi connectivity index (χ2n) is 9.92. The highest BCUT2D eigenvalue weighted by Gasteiger charge is 2.46. The first-order valence-corrected chi connectivity index (χ1v) is 12.5. The van der Waals surface area contributed by atoms with Gasteiger partial charge in [0.1, 0.15) is 11.4 Å². The number of aliphatic carboxylic acids is 1. The molecular formula is C28H29F3N4O4. The van der Waals surface area contributed by atoms with Gasteiger partial charge in [-0.1, -0.05) is 60.2 Å². The lowest BCUT2D eigenvalue weighted by Gasteiger charge is -2.23. The molecule has 2 aliphatic heterocycles. The minimum Gasteiger partial charge on any atom is -0.475 e. The van der Waals surface area contributed by atoms with Crippen LogP contribution in [0.1, 0.15) is 45.7 Å². The quantitative estimate of drug-likeness (QED) is 0.510. The highest BCUT2D eigenvalue weighted by molar-refractivity contribution is 5.93. The molecule has 2 N–H and O–H groups in total. The molecule has 0 aliphatic carbocycles. The van der Waals surface area contributed by atoms with Crippen molar-refractivity contribution in [1.29, 1.82) is 0 Å². The van der Waals surface area contributed by atoms with Crippen molar-refractivity contribution in [3.63, 3.8) is 0 Å². The summed E-state index contributed by atoms with van der Waals surface area (Å²) in [5.41, 5.74) is 3.07. The number of aromatic nitrogens is 2. The normalized spacial score (nSPS) is 18.4.